The van der Waals surface area contributed by atoms with Crippen LogP contribution in [0.3, 0.4) is 0 Å². The van der Waals surface area contributed by atoms with Gasteiger partial charge in [0.15, 0.2) is 0 Å². The zero-order chi connectivity index (χ0) is 12.6. The second-order valence-corrected chi connectivity index (χ2v) is 4.25. The molecule has 17 heavy (non-hydrogen) atoms. The number of aromatic nitrogens is 2. The van der Waals surface area contributed by atoms with E-state index in [4.69, 9.17) is 5.11 Å². The molecular formula is C12H15N3O2. The summed E-state index contributed by atoms with van der Waals surface area (Å²) in [6, 6.07) is 3.87. The smallest absolute Gasteiger partial charge is 0.312 e. The molecule has 1 unspecified atom stereocenters. The Morgan fingerprint density at radius 2 is 2.24 bits per heavy atom. The van der Waals surface area contributed by atoms with Crippen LogP contribution in [0.4, 0.5) is 5.69 Å². The summed E-state index contributed by atoms with van der Waals surface area (Å²) in [6.45, 7) is 1.66. The van der Waals surface area contributed by atoms with Gasteiger partial charge >= 0.3 is 5.97 Å². The fraction of sp³-hybridized carbons (Fsp3) is 0.333. The lowest BCUT2D eigenvalue weighted by molar-refractivity contribution is -0.138. The number of hydrogen-bond acceptors (Lipinski definition) is 3. The number of rotatable bonds is 3. The van der Waals surface area contributed by atoms with Gasteiger partial charge < -0.3 is 14.4 Å². The molecule has 0 spiro atoms. The van der Waals surface area contributed by atoms with Crippen LogP contribution >= 0.6 is 0 Å². The Kier molecular flexibility index (Phi) is 2.75. The first-order valence-electron chi connectivity index (χ1n) is 5.38. The summed E-state index contributed by atoms with van der Waals surface area (Å²) in [5.41, 5.74) is 2.50. The van der Waals surface area contributed by atoms with Gasteiger partial charge in [-0.2, -0.15) is 0 Å². The molecule has 1 N–H and O–H groups in total. The summed E-state index contributed by atoms with van der Waals surface area (Å²) in [5, 5.41) is 9.01. The summed E-state index contributed by atoms with van der Waals surface area (Å²) in [5.74, 6) is -1.40. The minimum absolute atomic E-state index is 0.560. The zero-order valence-electron chi connectivity index (χ0n) is 10.1. The van der Waals surface area contributed by atoms with E-state index >= 15 is 0 Å². The summed E-state index contributed by atoms with van der Waals surface area (Å²) >= 11 is 0. The molecule has 2 aromatic rings. The summed E-state index contributed by atoms with van der Waals surface area (Å²) in [6.07, 6.45) is 3.47. The van der Waals surface area contributed by atoms with E-state index in [-0.39, 0.29) is 0 Å². The fourth-order valence-electron chi connectivity index (χ4n) is 1.71. The van der Waals surface area contributed by atoms with E-state index in [1.54, 1.807) is 13.1 Å². The molecule has 5 heteroatoms. The molecule has 0 amide bonds. The van der Waals surface area contributed by atoms with Crippen LogP contribution in [0.2, 0.25) is 0 Å². The molecule has 0 saturated carbocycles. The van der Waals surface area contributed by atoms with Crippen LogP contribution in [-0.4, -0.2) is 34.6 Å². The van der Waals surface area contributed by atoms with E-state index < -0.39 is 11.9 Å². The van der Waals surface area contributed by atoms with Crippen molar-refractivity contribution in [2.45, 2.75) is 12.8 Å². The molecule has 0 fully saturated rings. The van der Waals surface area contributed by atoms with Crippen molar-refractivity contribution in [3.63, 3.8) is 0 Å². The molecule has 0 aliphatic carbocycles. The van der Waals surface area contributed by atoms with Gasteiger partial charge in [0, 0.05) is 32.0 Å². The van der Waals surface area contributed by atoms with Crippen molar-refractivity contribution in [1.82, 2.24) is 9.38 Å². The number of nitrogens with zero attached hydrogens (tertiary/aromatic N) is 3. The normalized spacial score (nSPS) is 12.6. The largest absolute Gasteiger partial charge is 0.481 e. The number of carboxylic acid groups (broad SMARTS) is 1. The van der Waals surface area contributed by atoms with Gasteiger partial charge in [0.05, 0.1) is 17.8 Å². The predicted molar refractivity (Wildman–Crippen MR) is 65.6 cm³/mol. The maximum Gasteiger partial charge on any atom is 0.312 e. The van der Waals surface area contributed by atoms with Crippen LogP contribution in [0.15, 0.2) is 24.5 Å². The average Bonchev–Trinajstić information content (AvgIpc) is 2.70. The van der Waals surface area contributed by atoms with Crippen molar-refractivity contribution in [3.05, 3.63) is 30.2 Å². The standard InChI is InChI=1S/C12H15N3O2/c1-8(12(16)17)10-7-13-11-6-9(14(2)3)4-5-15(10)11/h4-8H,1-3H3,(H,16,17). The number of aliphatic carboxylic acids is 1. The Labute approximate surface area is 99.3 Å². The maximum atomic E-state index is 11.0. The van der Waals surface area contributed by atoms with Crippen molar-refractivity contribution >= 4 is 17.3 Å². The Balaban J connectivity index is 2.52. The van der Waals surface area contributed by atoms with Crippen molar-refractivity contribution in [3.8, 4) is 0 Å². The SMILES string of the molecule is CC(C(=O)O)c1cnc2cc(N(C)C)ccn12. The van der Waals surface area contributed by atoms with Gasteiger partial charge in [-0.05, 0) is 13.0 Å². The van der Waals surface area contributed by atoms with E-state index in [9.17, 15) is 4.79 Å². The predicted octanol–water partition coefficient (Wildman–Crippen LogP) is 1.59. The highest BCUT2D eigenvalue weighted by Crippen LogP contribution is 2.20. The third-order valence-corrected chi connectivity index (χ3v) is 2.86. The van der Waals surface area contributed by atoms with Crippen molar-refractivity contribution in [2.24, 2.45) is 0 Å². The fourth-order valence-corrected chi connectivity index (χ4v) is 1.71. The van der Waals surface area contributed by atoms with Gasteiger partial charge in [0.1, 0.15) is 5.65 Å². The minimum Gasteiger partial charge on any atom is -0.481 e. The molecule has 0 saturated heterocycles. The van der Waals surface area contributed by atoms with Crippen LogP contribution in [0.1, 0.15) is 18.5 Å². The number of carboxylic acids is 1. The third kappa shape index (κ3) is 1.95. The summed E-state index contributed by atoms with van der Waals surface area (Å²) in [7, 11) is 3.91. The molecule has 0 aliphatic heterocycles. The second-order valence-electron chi connectivity index (χ2n) is 4.25. The molecule has 2 rings (SSSR count). The van der Waals surface area contributed by atoms with Crippen LogP contribution in [0, 0.1) is 0 Å². The highest BCUT2D eigenvalue weighted by molar-refractivity contribution is 5.75. The van der Waals surface area contributed by atoms with E-state index in [1.165, 1.54) is 0 Å². The molecule has 0 radical (unpaired) electrons. The lowest BCUT2D eigenvalue weighted by Crippen LogP contribution is -2.11. The van der Waals surface area contributed by atoms with Crippen LogP contribution in [-0.2, 0) is 4.79 Å². The molecule has 2 heterocycles. The number of fused-ring (bicyclic) bond motifs is 1. The molecule has 0 aromatic carbocycles. The van der Waals surface area contributed by atoms with Crippen molar-refractivity contribution < 1.29 is 9.90 Å². The van der Waals surface area contributed by atoms with Crippen LogP contribution < -0.4 is 4.90 Å². The highest BCUT2D eigenvalue weighted by atomic mass is 16.4. The first-order chi connectivity index (χ1) is 8.00. The lowest BCUT2D eigenvalue weighted by Gasteiger charge is -2.13. The molecular weight excluding hydrogens is 218 g/mol. The number of hydrogen-bond donors (Lipinski definition) is 1. The van der Waals surface area contributed by atoms with Gasteiger partial charge in [-0.15, -0.1) is 0 Å². The number of pyridine rings is 1. The van der Waals surface area contributed by atoms with Gasteiger partial charge in [-0.25, -0.2) is 4.98 Å². The Bertz CT molecular complexity index is 560. The van der Waals surface area contributed by atoms with E-state index in [0.29, 0.717) is 5.69 Å². The van der Waals surface area contributed by atoms with E-state index in [0.717, 1.165) is 11.3 Å². The maximum absolute atomic E-state index is 11.0. The summed E-state index contributed by atoms with van der Waals surface area (Å²) < 4.78 is 1.81. The van der Waals surface area contributed by atoms with Gasteiger partial charge in [0.2, 0.25) is 0 Å². The first-order valence-corrected chi connectivity index (χ1v) is 5.38. The van der Waals surface area contributed by atoms with E-state index in [2.05, 4.69) is 4.98 Å². The van der Waals surface area contributed by atoms with Gasteiger partial charge in [-0.3, -0.25) is 4.79 Å². The quantitative estimate of drug-likeness (QED) is 0.874. The average molecular weight is 233 g/mol. The van der Waals surface area contributed by atoms with E-state index in [1.807, 2.05) is 41.7 Å². The third-order valence-electron chi connectivity index (χ3n) is 2.86. The molecule has 90 valence electrons. The number of anilines is 1. The Hall–Kier alpha value is -2.04. The molecule has 1 atom stereocenters. The van der Waals surface area contributed by atoms with Gasteiger partial charge in [-0.1, -0.05) is 0 Å². The minimum atomic E-state index is -0.844. The molecule has 2 aromatic heterocycles. The van der Waals surface area contributed by atoms with Crippen LogP contribution in [0.25, 0.3) is 5.65 Å². The molecule has 5 nitrogen and oxygen atoms in total. The van der Waals surface area contributed by atoms with Crippen LogP contribution in [0.5, 0.6) is 0 Å². The molecule has 0 aliphatic rings. The van der Waals surface area contributed by atoms with Gasteiger partial charge in [0.25, 0.3) is 0 Å². The number of carbonyl (C=O) groups is 1. The van der Waals surface area contributed by atoms with Crippen molar-refractivity contribution in [2.75, 3.05) is 19.0 Å². The first kappa shape index (κ1) is 11.4. The van der Waals surface area contributed by atoms with Crippen molar-refractivity contribution in [1.29, 1.82) is 0 Å². The topological polar surface area (TPSA) is 57.8 Å². The lowest BCUT2D eigenvalue weighted by atomic mass is 10.1. The summed E-state index contributed by atoms with van der Waals surface area (Å²) in [4.78, 5) is 17.2. The number of imidazole rings is 1. The Morgan fingerprint density at radius 1 is 1.53 bits per heavy atom. The zero-order valence-corrected chi connectivity index (χ0v) is 10.1. The molecule has 0 bridgehead atoms. The second kappa shape index (κ2) is 4.08. The highest BCUT2D eigenvalue weighted by Gasteiger charge is 2.18. The Morgan fingerprint density at radius 3 is 2.82 bits per heavy atom. The monoisotopic (exact) mass is 233 g/mol.